The van der Waals surface area contributed by atoms with Gasteiger partial charge in [0.2, 0.25) is 5.91 Å². The molecule has 0 bridgehead atoms. The van der Waals surface area contributed by atoms with E-state index in [0.29, 0.717) is 25.4 Å². The fraction of sp³-hybridized carbons (Fsp3) is 0.652. The number of rotatable bonds is 11. The molecule has 1 fully saturated rings. The molecule has 29 heavy (non-hydrogen) atoms. The molecule has 1 amide bonds. The number of amides is 1. The van der Waals surface area contributed by atoms with E-state index in [1.807, 2.05) is 11.8 Å². The van der Waals surface area contributed by atoms with Crippen LogP contribution in [0.2, 0.25) is 0 Å². The highest BCUT2D eigenvalue weighted by Crippen LogP contribution is 2.15. The quantitative estimate of drug-likeness (QED) is 0.440. The molecule has 6 nitrogen and oxygen atoms in total. The molecule has 2 N–H and O–H groups in total. The van der Waals surface area contributed by atoms with Gasteiger partial charge in [0.05, 0.1) is 12.6 Å². The van der Waals surface area contributed by atoms with Gasteiger partial charge in [-0.25, -0.2) is 4.99 Å². The predicted molar refractivity (Wildman–Crippen MR) is 119 cm³/mol. The SMILES string of the molecule is CCNC(=NCc1ccc(CN2CCCC2=O)cc1)NCCC(OCC)C(C)C. The first-order valence-corrected chi connectivity index (χ1v) is 11.0. The molecule has 1 heterocycles. The van der Waals surface area contributed by atoms with Crippen molar-refractivity contribution in [3.63, 3.8) is 0 Å². The molecule has 162 valence electrons. The van der Waals surface area contributed by atoms with Gasteiger partial charge in [-0.1, -0.05) is 38.1 Å². The summed E-state index contributed by atoms with van der Waals surface area (Å²) in [7, 11) is 0. The zero-order valence-electron chi connectivity index (χ0n) is 18.5. The first-order valence-electron chi connectivity index (χ1n) is 11.0. The van der Waals surface area contributed by atoms with E-state index >= 15 is 0 Å². The Balaban J connectivity index is 1.84. The maximum Gasteiger partial charge on any atom is 0.222 e. The van der Waals surface area contributed by atoms with Crippen LogP contribution in [0.5, 0.6) is 0 Å². The Hall–Kier alpha value is -2.08. The van der Waals surface area contributed by atoms with E-state index < -0.39 is 0 Å². The van der Waals surface area contributed by atoms with E-state index in [0.717, 1.165) is 50.6 Å². The Morgan fingerprint density at radius 1 is 1.17 bits per heavy atom. The smallest absolute Gasteiger partial charge is 0.222 e. The molecule has 0 spiro atoms. The maximum absolute atomic E-state index is 11.8. The molecule has 1 aromatic rings. The average molecular weight is 403 g/mol. The van der Waals surface area contributed by atoms with Crippen LogP contribution in [-0.4, -0.2) is 49.1 Å². The van der Waals surface area contributed by atoms with Gasteiger partial charge < -0.3 is 20.3 Å². The van der Waals surface area contributed by atoms with Crippen molar-refractivity contribution in [2.75, 3.05) is 26.2 Å². The van der Waals surface area contributed by atoms with Gasteiger partial charge in [0.15, 0.2) is 5.96 Å². The normalized spacial score (nSPS) is 15.8. The van der Waals surface area contributed by atoms with E-state index in [-0.39, 0.29) is 12.0 Å². The number of carbonyl (C=O) groups excluding carboxylic acids is 1. The molecule has 6 heteroatoms. The molecule has 0 radical (unpaired) electrons. The minimum Gasteiger partial charge on any atom is -0.378 e. The Kier molecular flexibility index (Phi) is 9.98. The van der Waals surface area contributed by atoms with Crippen molar-refractivity contribution in [2.45, 2.75) is 66.2 Å². The monoisotopic (exact) mass is 402 g/mol. The van der Waals surface area contributed by atoms with Crippen molar-refractivity contribution in [2.24, 2.45) is 10.9 Å². The molecule has 1 aliphatic heterocycles. The van der Waals surface area contributed by atoms with Gasteiger partial charge in [0.25, 0.3) is 0 Å². The molecule has 1 aromatic carbocycles. The lowest BCUT2D eigenvalue weighted by Crippen LogP contribution is -2.39. The lowest BCUT2D eigenvalue weighted by molar-refractivity contribution is -0.128. The lowest BCUT2D eigenvalue weighted by Gasteiger charge is -2.21. The Bertz CT molecular complexity index is 643. The number of likely N-dealkylation sites (tertiary alicyclic amines) is 1. The summed E-state index contributed by atoms with van der Waals surface area (Å²) in [5, 5.41) is 6.72. The highest BCUT2D eigenvalue weighted by atomic mass is 16.5. The highest BCUT2D eigenvalue weighted by molar-refractivity contribution is 5.79. The second kappa shape index (κ2) is 12.5. The third kappa shape index (κ3) is 8.05. The summed E-state index contributed by atoms with van der Waals surface area (Å²) in [5.41, 5.74) is 2.33. The van der Waals surface area contributed by atoms with Gasteiger partial charge in [-0.3, -0.25) is 4.79 Å². The van der Waals surface area contributed by atoms with Crippen LogP contribution in [-0.2, 0) is 22.6 Å². The van der Waals surface area contributed by atoms with Crippen LogP contribution in [0.15, 0.2) is 29.3 Å². The van der Waals surface area contributed by atoms with Crippen LogP contribution in [0.4, 0.5) is 0 Å². The van der Waals surface area contributed by atoms with E-state index in [9.17, 15) is 4.79 Å². The Morgan fingerprint density at radius 3 is 2.48 bits per heavy atom. The van der Waals surface area contributed by atoms with Crippen LogP contribution < -0.4 is 10.6 Å². The fourth-order valence-electron chi connectivity index (χ4n) is 3.51. The van der Waals surface area contributed by atoms with Gasteiger partial charge in [0.1, 0.15) is 0 Å². The van der Waals surface area contributed by atoms with Crippen LogP contribution in [0.1, 0.15) is 58.1 Å². The fourth-order valence-corrected chi connectivity index (χ4v) is 3.51. The van der Waals surface area contributed by atoms with E-state index in [1.165, 1.54) is 5.56 Å². The molecule has 0 aliphatic carbocycles. The van der Waals surface area contributed by atoms with E-state index in [2.05, 4.69) is 55.7 Å². The molecule has 2 rings (SSSR count). The van der Waals surface area contributed by atoms with Crippen LogP contribution in [0.3, 0.4) is 0 Å². The second-order valence-electron chi connectivity index (χ2n) is 7.88. The number of hydrogen-bond acceptors (Lipinski definition) is 3. The lowest BCUT2D eigenvalue weighted by atomic mass is 10.0. The summed E-state index contributed by atoms with van der Waals surface area (Å²) in [4.78, 5) is 18.4. The molecule has 0 aromatic heterocycles. The molecular weight excluding hydrogens is 364 g/mol. The average Bonchev–Trinajstić information content (AvgIpc) is 3.11. The maximum atomic E-state index is 11.8. The first-order chi connectivity index (χ1) is 14.0. The van der Waals surface area contributed by atoms with E-state index in [4.69, 9.17) is 9.73 Å². The number of aliphatic imine (C=N–C) groups is 1. The molecule has 1 aliphatic rings. The molecule has 0 saturated carbocycles. The van der Waals surface area contributed by atoms with Crippen molar-refractivity contribution in [3.8, 4) is 0 Å². The van der Waals surface area contributed by atoms with Gasteiger partial charge >= 0.3 is 0 Å². The third-order valence-corrected chi connectivity index (χ3v) is 5.18. The van der Waals surface area contributed by atoms with Gasteiger partial charge in [0, 0.05) is 39.2 Å². The summed E-state index contributed by atoms with van der Waals surface area (Å²) in [6.45, 7) is 13.1. The summed E-state index contributed by atoms with van der Waals surface area (Å²) >= 11 is 0. The Morgan fingerprint density at radius 2 is 1.90 bits per heavy atom. The summed E-state index contributed by atoms with van der Waals surface area (Å²) in [5.74, 6) is 1.60. The number of nitrogens with one attached hydrogen (secondary N) is 2. The highest BCUT2D eigenvalue weighted by Gasteiger charge is 2.19. The third-order valence-electron chi connectivity index (χ3n) is 5.18. The zero-order valence-corrected chi connectivity index (χ0v) is 18.5. The summed E-state index contributed by atoms with van der Waals surface area (Å²) in [6, 6.07) is 8.41. The summed E-state index contributed by atoms with van der Waals surface area (Å²) < 4.78 is 5.81. The van der Waals surface area contributed by atoms with Gasteiger partial charge in [-0.15, -0.1) is 0 Å². The van der Waals surface area contributed by atoms with Gasteiger partial charge in [-0.05, 0) is 43.7 Å². The number of guanidine groups is 1. The van der Waals surface area contributed by atoms with Crippen LogP contribution in [0.25, 0.3) is 0 Å². The van der Waals surface area contributed by atoms with Crippen molar-refractivity contribution < 1.29 is 9.53 Å². The van der Waals surface area contributed by atoms with Crippen LogP contribution in [0, 0.1) is 5.92 Å². The standard InChI is InChI=1S/C23H38N4O2/c1-5-24-23(25-14-13-21(18(3)4)29-6-2)26-16-19-9-11-20(12-10-19)17-27-15-7-8-22(27)28/h9-12,18,21H,5-8,13-17H2,1-4H3,(H2,24,25,26). The topological polar surface area (TPSA) is 66.0 Å². The number of benzene rings is 1. The Labute approximate surface area is 176 Å². The molecular formula is C23H38N4O2. The molecule has 1 atom stereocenters. The van der Waals surface area contributed by atoms with Crippen molar-refractivity contribution >= 4 is 11.9 Å². The van der Waals surface area contributed by atoms with Crippen LogP contribution >= 0.6 is 0 Å². The predicted octanol–water partition coefficient (Wildman–Crippen LogP) is 3.32. The molecule has 1 saturated heterocycles. The number of carbonyl (C=O) groups is 1. The first kappa shape index (κ1) is 23.2. The summed E-state index contributed by atoms with van der Waals surface area (Å²) in [6.07, 6.45) is 2.90. The van der Waals surface area contributed by atoms with Crippen molar-refractivity contribution in [3.05, 3.63) is 35.4 Å². The second-order valence-corrected chi connectivity index (χ2v) is 7.88. The number of hydrogen-bond donors (Lipinski definition) is 2. The zero-order chi connectivity index (χ0) is 21.1. The van der Waals surface area contributed by atoms with Crippen molar-refractivity contribution in [1.82, 2.24) is 15.5 Å². The minimum atomic E-state index is 0.268. The largest absolute Gasteiger partial charge is 0.378 e. The van der Waals surface area contributed by atoms with E-state index in [1.54, 1.807) is 0 Å². The van der Waals surface area contributed by atoms with Crippen molar-refractivity contribution in [1.29, 1.82) is 0 Å². The molecule has 1 unspecified atom stereocenters. The number of ether oxygens (including phenoxy) is 1. The minimum absolute atomic E-state index is 0.268. The number of nitrogens with zero attached hydrogens (tertiary/aromatic N) is 2. The van der Waals surface area contributed by atoms with Gasteiger partial charge in [-0.2, -0.15) is 0 Å².